The summed E-state index contributed by atoms with van der Waals surface area (Å²) in [5.41, 5.74) is 3.21. The van der Waals surface area contributed by atoms with Gasteiger partial charge in [-0.25, -0.2) is 4.98 Å². The summed E-state index contributed by atoms with van der Waals surface area (Å²) < 4.78 is 0. The van der Waals surface area contributed by atoms with Crippen molar-refractivity contribution < 1.29 is 4.79 Å². The highest BCUT2D eigenvalue weighted by molar-refractivity contribution is 6.29. The van der Waals surface area contributed by atoms with Crippen LogP contribution in [-0.4, -0.2) is 46.9 Å². The van der Waals surface area contributed by atoms with E-state index in [1.165, 1.54) is 11.1 Å². The Balaban J connectivity index is 1.55. The summed E-state index contributed by atoms with van der Waals surface area (Å²) in [6, 6.07) is 12.0. The van der Waals surface area contributed by atoms with E-state index in [9.17, 15) is 4.79 Å². The maximum absolute atomic E-state index is 12.4. The number of rotatable bonds is 3. The Bertz CT molecular complexity index is 679. The van der Waals surface area contributed by atoms with Crippen molar-refractivity contribution in [3.05, 3.63) is 64.4 Å². The number of benzene rings is 1. The van der Waals surface area contributed by atoms with Gasteiger partial charge < -0.3 is 4.90 Å². The van der Waals surface area contributed by atoms with Crippen LogP contribution in [0.15, 0.2) is 42.6 Å². The zero-order valence-electron chi connectivity index (χ0n) is 13.2. The van der Waals surface area contributed by atoms with Crippen molar-refractivity contribution in [2.24, 2.45) is 0 Å². The third-order valence-electron chi connectivity index (χ3n) is 4.12. The molecule has 0 atom stereocenters. The van der Waals surface area contributed by atoms with E-state index in [0.717, 1.165) is 32.7 Å². The average Bonchev–Trinajstić information content (AvgIpc) is 2.56. The molecule has 2 heterocycles. The highest BCUT2D eigenvalue weighted by atomic mass is 35.5. The van der Waals surface area contributed by atoms with Crippen molar-refractivity contribution in [3.8, 4) is 0 Å². The lowest BCUT2D eigenvalue weighted by Gasteiger charge is -2.34. The number of piperazine rings is 1. The zero-order chi connectivity index (χ0) is 16.2. The van der Waals surface area contributed by atoms with E-state index in [4.69, 9.17) is 11.6 Å². The lowest BCUT2D eigenvalue weighted by atomic mass is 10.1. The molecule has 2 aromatic rings. The minimum atomic E-state index is 0.0318. The van der Waals surface area contributed by atoms with Gasteiger partial charge in [-0.3, -0.25) is 9.69 Å². The van der Waals surface area contributed by atoms with Crippen LogP contribution in [0.4, 0.5) is 0 Å². The van der Waals surface area contributed by atoms with Gasteiger partial charge in [-0.15, -0.1) is 0 Å². The lowest BCUT2D eigenvalue weighted by Crippen LogP contribution is -2.48. The molecule has 5 heteroatoms. The Morgan fingerprint density at radius 1 is 1.17 bits per heavy atom. The van der Waals surface area contributed by atoms with Gasteiger partial charge in [0.1, 0.15) is 5.15 Å². The molecular weight excluding hydrogens is 310 g/mol. The average molecular weight is 330 g/mol. The first-order chi connectivity index (χ1) is 11.1. The van der Waals surface area contributed by atoms with Crippen LogP contribution in [0.1, 0.15) is 21.5 Å². The summed E-state index contributed by atoms with van der Waals surface area (Å²) in [5, 5.41) is 0.407. The number of carbonyl (C=O) groups is 1. The Labute approximate surface area is 141 Å². The molecule has 0 bridgehead atoms. The molecule has 4 nitrogen and oxygen atoms in total. The molecular formula is C18H20ClN3O. The normalized spacial score (nSPS) is 15.7. The molecule has 1 aromatic carbocycles. The van der Waals surface area contributed by atoms with E-state index in [-0.39, 0.29) is 5.91 Å². The second-order valence-corrected chi connectivity index (χ2v) is 6.31. The van der Waals surface area contributed by atoms with Gasteiger partial charge in [-0.1, -0.05) is 41.4 Å². The van der Waals surface area contributed by atoms with Crippen molar-refractivity contribution >= 4 is 17.5 Å². The molecule has 0 N–H and O–H groups in total. The largest absolute Gasteiger partial charge is 0.336 e. The Morgan fingerprint density at radius 3 is 2.61 bits per heavy atom. The molecule has 0 aliphatic carbocycles. The second-order valence-electron chi connectivity index (χ2n) is 5.93. The van der Waals surface area contributed by atoms with E-state index in [2.05, 4.69) is 41.1 Å². The minimum Gasteiger partial charge on any atom is -0.336 e. The standard InChI is InChI=1S/C18H20ClN3O/c1-14-3-2-4-15(11-14)13-21-7-9-22(10-8-21)18(23)16-5-6-17(19)20-12-16/h2-6,11-12H,7-10,13H2,1H3. The summed E-state index contributed by atoms with van der Waals surface area (Å²) in [6.07, 6.45) is 1.55. The summed E-state index contributed by atoms with van der Waals surface area (Å²) in [7, 11) is 0. The van der Waals surface area contributed by atoms with Crippen LogP contribution in [0.5, 0.6) is 0 Å². The fourth-order valence-electron chi connectivity index (χ4n) is 2.86. The molecule has 0 saturated carbocycles. The molecule has 3 rings (SSSR count). The van der Waals surface area contributed by atoms with E-state index in [0.29, 0.717) is 10.7 Å². The van der Waals surface area contributed by atoms with Gasteiger partial charge in [-0.05, 0) is 24.6 Å². The zero-order valence-corrected chi connectivity index (χ0v) is 14.0. The van der Waals surface area contributed by atoms with Crippen LogP contribution in [0, 0.1) is 6.92 Å². The second kappa shape index (κ2) is 7.11. The van der Waals surface area contributed by atoms with Gasteiger partial charge >= 0.3 is 0 Å². The predicted molar refractivity (Wildman–Crippen MR) is 91.6 cm³/mol. The Kier molecular flexibility index (Phi) is 4.94. The number of pyridine rings is 1. The van der Waals surface area contributed by atoms with Crippen molar-refractivity contribution in [2.75, 3.05) is 26.2 Å². The van der Waals surface area contributed by atoms with Crippen molar-refractivity contribution in [1.82, 2.24) is 14.8 Å². The van der Waals surface area contributed by atoms with E-state index in [1.54, 1.807) is 18.3 Å². The highest BCUT2D eigenvalue weighted by Gasteiger charge is 2.22. The Morgan fingerprint density at radius 2 is 1.96 bits per heavy atom. The van der Waals surface area contributed by atoms with Crippen LogP contribution in [0.25, 0.3) is 0 Å². The van der Waals surface area contributed by atoms with E-state index >= 15 is 0 Å². The minimum absolute atomic E-state index is 0.0318. The molecule has 23 heavy (non-hydrogen) atoms. The first-order valence-corrected chi connectivity index (χ1v) is 8.18. The topological polar surface area (TPSA) is 36.4 Å². The van der Waals surface area contributed by atoms with Gasteiger partial charge in [-0.2, -0.15) is 0 Å². The summed E-state index contributed by atoms with van der Waals surface area (Å²) >= 11 is 5.77. The number of aromatic nitrogens is 1. The number of hydrogen-bond acceptors (Lipinski definition) is 3. The van der Waals surface area contributed by atoms with Crippen LogP contribution in [0.2, 0.25) is 5.15 Å². The summed E-state index contributed by atoms with van der Waals surface area (Å²) in [6.45, 7) is 6.31. The van der Waals surface area contributed by atoms with Crippen molar-refractivity contribution in [3.63, 3.8) is 0 Å². The van der Waals surface area contributed by atoms with Crippen LogP contribution in [-0.2, 0) is 6.54 Å². The molecule has 0 unspecified atom stereocenters. The summed E-state index contributed by atoms with van der Waals surface area (Å²) in [5.74, 6) is 0.0318. The highest BCUT2D eigenvalue weighted by Crippen LogP contribution is 2.13. The van der Waals surface area contributed by atoms with Crippen molar-refractivity contribution in [2.45, 2.75) is 13.5 Å². The molecule has 1 aromatic heterocycles. The fraction of sp³-hybridized carbons (Fsp3) is 0.333. The first-order valence-electron chi connectivity index (χ1n) is 7.80. The van der Waals surface area contributed by atoms with Crippen molar-refractivity contribution in [1.29, 1.82) is 0 Å². The van der Waals surface area contributed by atoms with Gasteiger partial charge in [0, 0.05) is 38.9 Å². The van der Waals surface area contributed by atoms with Crippen LogP contribution >= 0.6 is 11.6 Å². The molecule has 1 amide bonds. The first kappa shape index (κ1) is 16.0. The molecule has 1 fully saturated rings. The number of carbonyl (C=O) groups excluding carboxylic acids is 1. The molecule has 1 aliphatic heterocycles. The Hall–Kier alpha value is -1.91. The number of nitrogens with zero attached hydrogens (tertiary/aromatic N) is 3. The van der Waals surface area contributed by atoms with E-state index < -0.39 is 0 Å². The molecule has 0 radical (unpaired) electrons. The summed E-state index contributed by atoms with van der Waals surface area (Å²) in [4.78, 5) is 20.7. The predicted octanol–water partition coefficient (Wildman–Crippen LogP) is 3.00. The van der Waals surface area contributed by atoms with Crippen LogP contribution < -0.4 is 0 Å². The molecule has 1 saturated heterocycles. The van der Waals surface area contributed by atoms with E-state index in [1.807, 2.05) is 4.90 Å². The number of amides is 1. The quantitative estimate of drug-likeness (QED) is 0.812. The molecule has 0 spiro atoms. The maximum Gasteiger partial charge on any atom is 0.255 e. The monoisotopic (exact) mass is 329 g/mol. The number of halogens is 1. The number of aryl methyl sites for hydroxylation is 1. The third-order valence-corrected chi connectivity index (χ3v) is 4.35. The lowest BCUT2D eigenvalue weighted by molar-refractivity contribution is 0.0628. The fourth-order valence-corrected chi connectivity index (χ4v) is 2.97. The molecule has 1 aliphatic rings. The molecule has 120 valence electrons. The third kappa shape index (κ3) is 4.09. The van der Waals surface area contributed by atoms with Gasteiger partial charge in [0.2, 0.25) is 0 Å². The SMILES string of the molecule is Cc1cccc(CN2CCN(C(=O)c3ccc(Cl)nc3)CC2)c1. The van der Waals surface area contributed by atoms with Crippen LogP contribution in [0.3, 0.4) is 0 Å². The smallest absolute Gasteiger partial charge is 0.255 e. The van der Waals surface area contributed by atoms with Gasteiger partial charge in [0.05, 0.1) is 5.56 Å². The van der Waals surface area contributed by atoms with Gasteiger partial charge in [0.25, 0.3) is 5.91 Å². The maximum atomic E-state index is 12.4. The number of hydrogen-bond donors (Lipinski definition) is 0. The van der Waals surface area contributed by atoms with Gasteiger partial charge in [0.15, 0.2) is 0 Å².